The Morgan fingerprint density at radius 1 is 1.35 bits per heavy atom. The number of aliphatic hydroxyl groups excluding tert-OH is 1. The van der Waals surface area contributed by atoms with Crippen molar-refractivity contribution in [1.82, 2.24) is 5.32 Å². The Morgan fingerprint density at radius 2 is 2.04 bits per heavy atom. The summed E-state index contributed by atoms with van der Waals surface area (Å²) in [5.74, 6) is -0.582. The molecule has 0 aliphatic heterocycles. The number of rotatable bonds is 4. The molecule has 1 fully saturated rings. The number of ether oxygens (including phenoxy) is 1. The van der Waals surface area contributed by atoms with E-state index in [-0.39, 0.29) is 23.9 Å². The van der Waals surface area contributed by atoms with Crippen molar-refractivity contribution < 1.29 is 19.0 Å². The van der Waals surface area contributed by atoms with Crippen LogP contribution in [0.2, 0.25) is 0 Å². The summed E-state index contributed by atoms with van der Waals surface area (Å²) in [6, 6.07) is 5.73. The number of amides is 1. The van der Waals surface area contributed by atoms with Crippen molar-refractivity contribution in [3.05, 3.63) is 35.6 Å². The van der Waals surface area contributed by atoms with E-state index in [9.17, 15) is 14.3 Å². The zero-order valence-electron chi connectivity index (χ0n) is 14.0. The molecule has 1 aliphatic rings. The molecule has 0 saturated heterocycles. The van der Waals surface area contributed by atoms with Crippen LogP contribution in [0.15, 0.2) is 24.3 Å². The van der Waals surface area contributed by atoms with Gasteiger partial charge in [0.05, 0.1) is 17.6 Å². The van der Waals surface area contributed by atoms with E-state index in [4.69, 9.17) is 4.74 Å². The molecule has 1 aliphatic carbocycles. The van der Waals surface area contributed by atoms with Crippen molar-refractivity contribution in [2.45, 2.75) is 63.2 Å². The molecular formula is C18H26FNO3. The van der Waals surface area contributed by atoms with Gasteiger partial charge in [-0.25, -0.2) is 4.39 Å². The van der Waals surface area contributed by atoms with Crippen molar-refractivity contribution in [3.63, 3.8) is 0 Å². The lowest BCUT2D eigenvalue weighted by atomic mass is 9.83. The second kappa shape index (κ2) is 7.41. The SMILES string of the molecule is CO[C@@H]1CCCC[C@@H](NC(=O)C(C)(C)c2cccc(F)c2)[C@H]1O. The summed E-state index contributed by atoms with van der Waals surface area (Å²) < 4.78 is 18.8. The first-order valence-corrected chi connectivity index (χ1v) is 8.14. The topological polar surface area (TPSA) is 58.6 Å². The highest BCUT2D eigenvalue weighted by Crippen LogP contribution is 2.26. The van der Waals surface area contributed by atoms with Crippen LogP contribution in [0, 0.1) is 5.82 Å². The molecule has 3 atom stereocenters. The summed E-state index contributed by atoms with van der Waals surface area (Å²) in [4.78, 5) is 12.7. The van der Waals surface area contributed by atoms with E-state index in [1.54, 1.807) is 33.1 Å². The van der Waals surface area contributed by atoms with E-state index in [1.807, 2.05) is 0 Å². The Kier molecular flexibility index (Phi) is 5.76. The predicted octanol–water partition coefficient (Wildman–Crippen LogP) is 2.54. The first-order chi connectivity index (χ1) is 10.9. The first-order valence-electron chi connectivity index (χ1n) is 8.14. The number of hydrogen-bond donors (Lipinski definition) is 2. The summed E-state index contributed by atoms with van der Waals surface area (Å²) in [6.45, 7) is 3.52. The maximum absolute atomic E-state index is 13.4. The number of methoxy groups -OCH3 is 1. The molecular weight excluding hydrogens is 297 g/mol. The van der Waals surface area contributed by atoms with Crippen LogP contribution in [0.25, 0.3) is 0 Å². The molecule has 0 radical (unpaired) electrons. The van der Waals surface area contributed by atoms with Crippen LogP contribution in [0.4, 0.5) is 4.39 Å². The average molecular weight is 323 g/mol. The molecule has 1 saturated carbocycles. The molecule has 0 spiro atoms. The maximum Gasteiger partial charge on any atom is 0.230 e. The molecule has 1 aromatic carbocycles. The summed E-state index contributed by atoms with van der Waals surface area (Å²) in [5.41, 5.74) is -0.266. The molecule has 23 heavy (non-hydrogen) atoms. The molecule has 1 aromatic rings. The Bertz CT molecular complexity index is 547. The summed E-state index contributed by atoms with van der Waals surface area (Å²) >= 11 is 0. The summed E-state index contributed by atoms with van der Waals surface area (Å²) in [6.07, 6.45) is 2.41. The largest absolute Gasteiger partial charge is 0.388 e. The Morgan fingerprint density at radius 3 is 2.70 bits per heavy atom. The maximum atomic E-state index is 13.4. The van der Waals surface area contributed by atoms with Gasteiger partial charge in [0.15, 0.2) is 0 Å². The molecule has 0 unspecified atom stereocenters. The number of nitrogens with one attached hydrogen (secondary N) is 1. The minimum Gasteiger partial charge on any atom is -0.388 e. The second-order valence-corrected chi connectivity index (χ2v) is 6.76. The molecule has 2 N–H and O–H groups in total. The van der Waals surface area contributed by atoms with Crippen LogP contribution in [-0.4, -0.2) is 36.4 Å². The van der Waals surface area contributed by atoms with Gasteiger partial charge in [0.2, 0.25) is 5.91 Å². The Balaban J connectivity index is 2.13. The van der Waals surface area contributed by atoms with Crippen molar-refractivity contribution in [1.29, 1.82) is 0 Å². The molecule has 5 heteroatoms. The van der Waals surface area contributed by atoms with Crippen molar-refractivity contribution >= 4 is 5.91 Å². The standard InChI is InChI=1S/C18H26FNO3/c1-18(2,12-7-6-8-13(19)11-12)17(22)20-14-9-4-5-10-15(23-3)16(14)21/h6-8,11,14-16,21H,4-5,9-10H2,1-3H3,(H,20,22)/t14-,15-,16-/m1/s1. The highest BCUT2D eigenvalue weighted by atomic mass is 19.1. The van der Waals surface area contributed by atoms with Crippen LogP contribution in [0.1, 0.15) is 45.1 Å². The van der Waals surface area contributed by atoms with Crippen molar-refractivity contribution in [2.75, 3.05) is 7.11 Å². The van der Waals surface area contributed by atoms with Crippen LogP contribution < -0.4 is 5.32 Å². The van der Waals surface area contributed by atoms with Gasteiger partial charge in [-0.3, -0.25) is 4.79 Å². The molecule has 2 rings (SSSR count). The quantitative estimate of drug-likeness (QED) is 0.837. The monoisotopic (exact) mass is 323 g/mol. The number of benzene rings is 1. The van der Waals surface area contributed by atoms with Gasteiger partial charge in [-0.05, 0) is 44.4 Å². The van der Waals surface area contributed by atoms with E-state index >= 15 is 0 Å². The van der Waals surface area contributed by atoms with Crippen molar-refractivity contribution in [3.8, 4) is 0 Å². The zero-order valence-corrected chi connectivity index (χ0v) is 14.0. The minimum atomic E-state index is -0.878. The first kappa shape index (κ1) is 17.9. The molecule has 128 valence electrons. The van der Waals surface area contributed by atoms with Gasteiger partial charge < -0.3 is 15.2 Å². The molecule has 0 aromatic heterocycles. The van der Waals surface area contributed by atoms with Crippen molar-refractivity contribution in [2.24, 2.45) is 0 Å². The summed E-state index contributed by atoms with van der Waals surface area (Å²) in [5, 5.41) is 13.4. The molecule has 0 bridgehead atoms. The average Bonchev–Trinajstić information content (AvgIpc) is 2.69. The van der Waals surface area contributed by atoms with E-state index in [1.165, 1.54) is 12.1 Å². The van der Waals surface area contributed by atoms with Crippen LogP contribution >= 0.6 is 0 Å². The Hall–Kier alpha value is -1.46. The second-order valence-electron chi connectivity index (χ2n) is 6.76. The van der Waals surface area contributed by atoms with E-state index in [2.05, 4.69) is 5.32 Å². The van der Waals surface area contributed by atoms with E-state index < -0.39 is 11.5 Å². The number of carbonyl (C=O) groups excluding carboxylic acids is 1. The van der Waals surface area contributed by atoms with Gasteiger partial charge in [-0.1, -0.05) is 25.0 Å². The smallest absolute Gasteiger partial charge is 0.230 e. The third-order valence-corrected chi connectivity index (χ3v) is 4.78. The molecule has 4 nitrogen and oxygen atoms in total. The van der Waals surface area contributed by atoms with Crippen LogP contribution in [0.5, 0.6) is 0 Å². The molecule has 0 heterocycles. The van der Waals surface area contributed by atoms with Gasteiger partial charge >= 0.3 is 0 Å². The van der Waals surface area contributed by atoms with E-state index in [0.29, 0.717) is 12.0 Å². The number of hydrogen-bond acceptors (Lipinski definition) is 3. The van der Waals surface area contributed by atoms with Gasteiger partial charge in [0.25, 0.3) is 0 Å². The number of aliphatic hydroxyl groups is 1. The lowest BCUT2D eigenvalue weighted by Gasteiger charge is -2.31. The lowest BCUT2D eigenvalue weighted by molar-refractivity contribution is -0.128. The highest BCUT2D eigenvalue weighted by molar-refractivity contribution is 5.87. The number of halogens is 1. The highest BCUT2D eigenvalue weighted by Gasteiger charge is 2.36. The normalized spacial score (nSPS) is 25.7. The third kappa shape index (κ3) is 4.09. The summed E-state index contributed by atoms with van der Waals surface area (Å²) in [7, 11) is 1.58. The fraction of sp³-hybridized carbons (Fsp3) is 0.611. The van der Waals surface area contributed by atoms with Gasteiger partial charge in [-0.15, -0.1) is 0 Å². The fourth-order valence-electron chi connectivity index (χ4n) is 3.08. The van der Waals surface area contributed by atoms with Gasteiger partial charge in [0.1, 0.15) is 11.9 Å². The number of carbonyl (C=O) groups is 1. The lowest BCUT2D eigenvalue weighted by Crippen LogP contribution is -2.52. The Labute approximate surface area is 137 Å². The van der Waals surface area contributed by atoms with Gasteiger partial charge in [0, 0.05) is 7.11 Å². The zero-order chi connectivity index (χ0) is 17.0. The minimum absolute atomic E-state index is 0.219. The third-order valence-electron chi connectivity index (χ3n) is 4.78. The molecule has 1 amide bonds. The predicted molar refractivity (Wildman–Crippen MR) is 86.6 cm³/mol. The van der Waals surface area contributed by atoms with Crippen LogP contribution in [0.3, 0.4) is 0 Å². The van der Waals surface area contributed by atoms with Gasteiger partial charge in [-0.2, -0.15) is 0 Å². The van der Waals surface area contributed by atoms with Crippen LogP contribution in [-0.2, 0) is 14.9 Å². The van der Waals surface area contributed by atoms with E-state index in [0.717, 1.165) is 19.3 Å². The fourth-order valence-corrected chi connectivity index (χ4v) is 3.08.